The van der Waals surface area contributed by atoms with E-state index in [2.05, 4.69) is 17.3 Å². The molecule has 0 saturated heterocycles. The molecule has 2 aromatic rings. The van der Waals surface area contributed by atoms with Gasteiger partial charge in [-0.25, -0.2) is 4.68 Å². The molecule has 1 heterocycles. The van der Waals surface area contributed by atoms with E-state index in [1.165, 1.54) is 0 Å². The van der Waals surface area contributed by atoms with E-state index in [-0.39, 0.29) is 12.5 Å². The summed E-state index contributed by atoms with van der Waals surface area (Å²) in [7, 11) is 0. The number of aryl methyl sites for hydroxylation is 1. The highest BCUT2D eigenvalue weighted by molar-refractivity contribution is 6.30. The zero-order chi connectivity index (χ0) is 16.7. The smallest absolute Gasteiger partial charge is 0.251 e. The maximum atomic E-state index is 12.0. The molecule has 0 atom stereocenters. The quantitative estimate of drug-likeness (QED) is 0.749. The van der Waals surface area contributed by atoms with Crippen molar-refractivity contribution >= 4 is 23.3 Å². The molecule has 124 valence electrons. The number of aromatic nitrogens is 2. The Morgan fingerprint density at radius 3 is 3.00 bits per heavy atom. The van der Waals surface area contributed by atoms with E-state index in [1.807, 2.05) is 31.2 Å². The Balaban J connectivity index is 1.99. The zero-order valence-electron chi connectivity index (χ0n) is 13.5. The van der Waals surface area contributed by atoms with Crippen molar-refractivity contribution in [3.63, 3.8) is 0 Å². The highest BCUT2D eigenvalue weighted by atomic mass is 35.5. The first-order valence-electron chi connectivity index (χ1n) is 7.74. The molecular weight excluding hydrogens is 314 g/mol. The number of nitrogens with one attached hydrogen (secondary N) is 1. The number of rotatable bonds is 8. The predicted octanol–water partition coefficient (Wildman–Crippen LogP) is 3.65. The Bertz CT molecular complexity index is 655. The topological polar surface area (TPSA) is 56.1 Å². The number of anilines is 1. The van der Waals surface area contributed by atoms with Gasteiger partial charge in [0.25, 0.3) is 5.91 Å². The van der Waals surface area contributed by atoms with Crippen LogP contribution in [0, 0.1) is 6.92 Å². The van der Waals surface area contributed by atoms with Gasteiger partial charge in [-0.05, 0) is 31.0 Å². The molecule has 1 amide bonds. The Morgan fingerprint density at radius 1 is 1.43 bits per heavy atom. The number of nitrogens with zero attached hydrogens (tertiary/aromatic N) is 2. The summed E-state index contributed by atoms with van der Waals surface area (Å²) in [5, 5.41) is 7.88. The third-order valence-electron chi connectivity index (χ3n) is 3.38. The van der Waals surface area contributed by atoms with Crippen LogP contribution in [0.3, 0.4) is 0 Å². The molecule has 5 nitrogen and oxygen atoms in total. The molecular formula is C17H22ClN3O2. The molecule has 2 rings (SSSR count). The van der Waals surface area contributed by atoms with E-state index in [4.69, 9.17) is 16.3 Å². The predicted molar refractivity (Wildman–Crippen MR) is 91.9 cm³/mol. The van der Waals surface area contributed by atoms with Crippen LogP contribution in [-0.2, 0) is 16.1 Å². The Kier molecular flexibility index (Phi) is 6.62. The van der Waals surface area contributed by atoms with Crippen molar-refractivity contribution in [2.45, 2.75) is 33.2 Å². The number of carbonyl (C=O) groups excluding carboxylic acids is 1. The lowest BCUT2D eigenvalue weighted by Crippen LogP contribution is -2.21. The summed E-state index contributed by atoms with van der Waals surface area (Å²) in [6, 6.07) is 7.59. The molecule has 0 aliphatic rings. The van der Waals surface area contributed by atoms with Crippen molar-refractivity contribution in [3.8, 4) is 0 Å². The first-order chi connectivity index (χ1) is 11.1. The SMILES string of the molecule is CCCCOCC(=O)Nc1c(C)cnn1Cc1cccc(Cl)c1. The average Bonchev–Trinajstić information content (AvgIpc) is 2.85. The van der Waals surface area contributed by atoms with Crippen LogP contribution in [0.1, 0.15) is 30.9 Å². The number of unbranched alkanes of at least 4 members (excludes halogenated alkanes) is 1. The molecule has 1 N–H and O–H groups in total. The van der Waals surface area contributed by atoms with Gasteiger partial charge in [0.1, 0.15) is 12.4 Å². The molecule has 23 heavy (non-hydrogen) atoms. The minimum Gasteiger partial charge on any atom is -0.372 e. The van der Waals surface area contributed by atoms with E-state index >= 15 is 0 Å². The fourth-order valence-corrected chi connectivity index (χ4v) is 2.36. The lowest BCUT2D eigenvalue weighted by atomic mass is 10.2. The van der Waals surface area contributed by atoms with Gasteiger partial charge in [0.15, 0.2) is 0 Å². The van der Waals surface area contributed by atoms with Gasteiger partial charge in [0.2, 0.25) is 0 Å². The minimum absolute atomic E-state index is 0.0573. The monoisotopic (exact) mass is 335 g/mol. The van der Waals surface area contributed by atoms with Gasteiger partial charge in [-0.2, -0.15) is 5.10 Å². The Hall–Kier alpha value is -1.85. The number of hydrogen-bond donors (Lipinski definition) is 1. The summed E-state index contributed by atoms with van der Waals surface area (Å²) in [6.45, 7) is 5.20. The lowest BCUT2D eigenvalue weighted by molar-refractivity contribution is -0.120. The largest absolute Gasteiger partial charge is 0.372 e. The third-order valence-corrected chi connectivity index (χ3v) is 3.61. The molecule has 0 bridgehead atoms. The fraction of sp³-hybridized carbons (Fsp3) is 0.412. The summed E-state index contributed by atoms with van der Waals surface area (Å²) in [6.07, 6.45) is 3.74. The number of carbonyl (C=O) groups is 1. The average molecular weight is 336 g/mol. The van der Waals surface area contributed by atoms with Crippen molar-refractivity contribution in [3.05, 3.63) is 46.6 Å². The summed E-state index contributed by atoms with van der Waals surface area (Å²) >= 11 is 6.01. The first kappa shape index (κ1) is 17.5. The van der Waals surface area contributed by atoms with Crippen LogP contribution in [0.25, 0.3) is 0 Å². The second-order valence-electron chi connectivity index (χ2n) is 5.42. The summed E-state index contributed by atoms with van der Waals surface area (Å²) in [5.74, 6) is 0.520. The van der Waals surface area contributed by atoms with Gasteiger partial charge in [-0.1, -0.05) is 37.1 Å². The molecule has 0 unspecified atom stereocenters. The van der Waals surface area contributed by atoms with Gasteiger partial charge >= 0.3 is 0 Å². The van der Waals surface area contributed by atoms with Crippen LogP contribution in [-0.4, -0.2) is 28.9 Å². The maximum Gasteiger partial charge on any atom is 0.251 e. The van der Waals surface area contributed by atoms with E-state index in [1.54, 1.807) is 10.9 Å². The highest BCUT2D eigenvalue weighted by Gasteiger charge is 2.11. The van der Waals surface area contributed by atoms with Gasteiger partial charge in [0.05, 0.1) is 12.7 Å². The fourth-order valence-electron chi connectivity index (χ4n) is 2.15. The molecule has 0 fully saturated rings. The summed E-state index contributed by atoms with van der Waals surface area (Å²) in [4.78, 5) is 12.0. The molecule has 0 saturated carbocycles. The molecule has 0 radical (unpaired) electrons. The van der Waals surface area contributed by atoms with Crippen molar-refractivity contribution in [1.82, 2.24) is 9.78 Å². The second kappa shape index (κ2) is 8.70. The minimum atomic E-state index is -0.169. The molecule has 0 spiro atoms. The number of hydrogen-bond acceptors (Lipinski definition) is 3. The van der Waals surface area contributed by atoms with Gasteiger partial charge in [-0.3, -0.25) is 4.79 Å². The molecule has 6 heteroatoms. The zero-order valence-corrected chi connectivity index (χ0v) is 14.3. The van der Waals surface area contributed by atoms with Crippen molar-refractivity contribution in [1.29, 1.82) is 0 Å². The normalized spacial score (nSPS) is 10.7. The lowest BCUT2D eigenvalue weighted by Gasteiger charge is -2.11. The molecule has 0 aliphatic carbocycles. The molecule has 0 aliphatic heterocycles. The van der Waals surface area contributed by atoms with Crippen LogP contribution in [0.2, 0.25) is 5.02 Å². The van der Waals surface area contributed by atoms with Crippen LogP contribution < -0.4 is 5.32 Å². The van der Waals surface area contributed by atoms with Gasteiger partial charge in [-0.15, -0.1) is 0 Å². The van der Waals surface area contributed by atoms with Crippen molar-refractivity contribution in [2.75, 3.05) is 18.5 Å². The summed E-state index contributed by atoms with van der Waals surface area (Å²) in [5.41, 5.74) is 1.93. The van der Waals surface area contributed by atoms with E-state index in [0.29, 0.717) is 24.0 Å². The van der Waals surface area contributed by atoms with Crippen LogP contribution >= 0.6 is 11.6 Å². The third kappa shape index (κ3) is 5.37. The van der Waals surface area contributed by atoms with E-state index in [9.17, 15) is 4.79 Å². The maximum absolute atomic E-state index is 12.0. The van der Waals surface area contributed by atoms with Crippen LogP contribution in [0.5, 0.6) is 0 Å². The molecule has 1 aromatic carbocycles. The van der Waals surface area contributed by atoms with Gasteiger partial charge in [0, 0.05) is 17.2 Å². The van der Waals surface area contributed by atoms with Crippen molar-refractivity contribution < 1.29 is 9.53 Å². The van der Waals surface area contributed by atoms with Crippen LogP contribution in [0.4, 0.5) is 5.82 Å². The summed E-state index contributed by atoms with van der Waals surface area (Å²) < 4.78 is 7.09. The standard InChI is InChI=1S/C17H22ClN3O2/c1-3-4-8-23-12-16(22)20-17-13(2)10-19-21(17)11-14-6-5-7-15(18)9-14/h5-7,9-10H,3-4,8,11-12H2,1-2H3,(H,20,22). The number of halogens is 1. The Labute approximate surface area is 141 Å². The van der Waals surface area contributed by atoms with Crippen LogP contribution in [0.15, 0.2) is 30.5 Å². The van der Waals surface area contributed by atoms with E-state index in [0.717, 1.165) is 24.0 Å². The Morgan fingerprint density at radius 2 is 2.26 bits per heavy atom. The first-order valence-corrected chi connectivity index (χ1v) is 8.12. The van der Waals surface area contributed by atoms with E-state index < -0.39 is 0 Å². The number of ether oxygens (including phenoxy) is 1. The number of benzene rings is 1. The highest BCUT2D eigenvalue weighted by Crippen LogP contribution is 2.17. The second-order valence-corrected chi connectivity index (χ2v) is 5.85. The number of amides is 1. The van der Waals surface area contributed by atoms with Gasteiger partial charge < -0.3 is 10.1 Å². The molecule has 1 aromatic heterocycles. The van der Waals surface area contributed by atoms with Crippen molar-refractivity contribution in [2.24, 2.45) is 0 Å².